The van der Waals surface area contributed by atoms with E-state index in [2.05, 4.69) is 0 Å². The lowest BCUT2D eigenvalue weighted by molar-refractivity contribution is -0.0292. The van der Waals surface area contributed by atoms with E-state index < -0.39 is 17.2 Å². The summed E-state index contributed by atoms with van der Waals surface area (Å²) >= 11 is 0. The number of ketones is 1. The van der Waals surface area contributed by atoms with Crippen LogP contribution in [0, 0.1) is 11.6 Å². The predicted octanol–water partition coefficient (Wildman–Crippen LogP) is 4.28. The molecule has 1 aliphatic rings. The molecule has 1 aliphatic carbocycles. The first kappa shape index (κ1) is 15.1. The van der Waals surface area contributed by atoms with Gasteiger partial charge < -0.3 is 4.74 Å². The third kappa shape index (κ3) is 3.23. The second-order valence-corrected chi connectivity index (χ2v) is 5.33. The molecular formula is C16H20F2O2. The Kier molecular flexibility index (Phi) is 4.86. The molecule has 0 amide bonds. The van der Waals surface area contributed by atoms with Gasteiger partial charge in [-0.2, -0.15) is 0 Å². The summed E-state index contributed by atoms with van der Waals surface area (Å²) in [7, 11) is 0. The first-order valence-electron chi connectivity index (χ1n) is 7.22. The molecule has 4 heteroatoms. The van der Waals surface area contributed by atoms with Crippen LogP contribution in [0.5, 0.6) is 0 Å². The molecule has 2 nitrogen and oxygen atoms in total. The van der Waals surface area contributed by atoms with E-state index in [1.807, 2.05) is 6.92 Å². The van der Waals surface area contributed by atoms with Crippen LogP contribution in [0.1, 0.15) is 55.8 Å². The third-order valence-corrected chi connectivity index (χ3v) is 3.87. The number of rotatable bonds is 4. The molecule has 0 saturated heterocycles. The maximum atomic E-state index is 13.3. The van der Waals surface area contributed by atoms with Crippen molar-refractivity contribution in [3.05, 3.63) is 35.4 Å². The van der Waals surface area contributed by atoms with Crippen LogP contribution >= 0.6 is 0 Å². The molecule has 0 aliphatic heterocycles. The molecular weight excluding hydrogens is 262 g/mol. The Balaban J connectivity index is 2.34. The molecule has 2 rings (SSSR count). The van der Waals surface area contributed by atoms with Gasteiger partial charge in [0.25, 0.3) is 0 Å². The van der Waals surface area contributed by atoms with E-state index in [4.69, 9.17) is 4.74 Å². The van der Waals surface area contributed by atoms with Crippen LogP contribution in [0.15, 0.2) is 18.2 Å². The van der Waals surface area contributed by atoms with Gasteiger partial charge in [-0.1, -0.05) is 25.7 Å². The second kappa shape index (κ2) is 6.44. The maximum absolute atomic E-state index is 13.3. The minimum absolute atomic E-state index is 0.0675. The van der Waals surface area contributed by atoms with Gasteiger partial charge in [0.1, 0.15) is 17.2 Å². The fraction of sp³-hybridized carbons (Fsp3) is 0.562. The van der Waals surface area contributed by atoms with Crippen LogP contribution in [0.25, 0.3) is 0 Å². The second-order valence-electron chi connectivity index (χ2n) is 5.33. The third-order valence-electron chi connectivity index (χ3n) is 3.87. The predicted molar refractivity (Wildman–Crippen MR) is 72.7 cm³/mol. The molecule has 0 atom stereocenters. The van der Waals surface area contributed by atoms with Gasteiger partial charge in [0, 0.05) is 18.2 Å². The molecule has 110 valence electrons. The lowest BCUT2D eigenvalue weighted by atomic mass is 9.85. The summed E-state index contributed by atoms with van der Waals surface area (Å²) in [5.41, 5.74) is -0.844. The molecule has 0 radical (unpaired) electrons. The van der Waals surface area contributed by atoms with Crippen molar-refractivity contribution in [2.75, 3.05) is 6.61 Å². The fourth-order valence-electron chi connectivity index (χ4n) is 2.96. The van der Waals surface area contributed by atoms with Crippen LogP contribution < -0.4 is 0 Å². The van der Waals surface area contributed by atoms with E-state index in [-0.39, 0.29) is 11.3 Å². The van der Waals surface area contributed by atoms with Crippen LogP contribution in [-0.4, -0.2) is 18.0 Å². The van der Waals surface area contributed by atoms with Gasteiger partial charge in [-0.15, -0.1) is 0 Å². The first-order valence-corrected chi connectivity index (χ1v) is 7.22. The summed E-state index contributed by atoms with van der Waals surface area (Å²) in [5.74, 6) is -1.75. The zero-order valence-electron chi connectivity index (χ0n) is 11.8. The Hall–Kier alpha value is -1.29. The largest absolute Gasteiger partial charge is 0.367 e. The van der Waals surface area contributed by atoms with Crippen molar-refractivity contribution in [1.82, 2.24) is 0 Å². The molecule has 0 aromatic heterocycles. The van der Waals surface area contributed by atoms with Gasteiger partial charge >= 0.3 is 0 Å². The zero-order chi connectivity index (χ0) is 14.6. The van der Waals surface area contributed by atoms with Crippen molar-refractivity contribution in [2.24, 2.45) is 0 Å². The summed E-state index contributed by atoms with van der Waals surface area (Å²) in [6.45, 7) is 2.26. The summed E-state index contributed by atoms with van der Waals surface area (Å²) in [6.07, 6.45) is 5.20. The zero-order valence-corrected chi connectivity index (χ0v) is 11.8. The average Bonchev–Trinajstić information content (AvgIpc) is 2.64. The molecule has 1 aromatic carbocycles. The van der Waals surface area contributed by atoms with Gasteiger partial charge in [0.15, 0.2) is 5.78 Å². The van der Waals surface area contributed by atoms with Crippen LogP contribution in [0.3, 0.4) is 0 Å². The van der Waals surface area contributed by atoms with Crippen LogP contribution in [0.2, 0.25) is 0 Å². The standard InChI is InChI=1S/C16H20F2O2/c1-2-20-16(7-5-3-4-6-8-16)15(19)12-9-13(17)11-14(18)10-12/h9-11H,2-8H2,1H3. The molecule has 20 heavy (non-hydrogen) atoms. The van der Waals surface area contributed by atoms with Gasteiger partial charge in [-0.05, 0) is 31.9 Å². The molecule has 0 bridgehead atoms. The number of carbonyl (C=O) groups is 1. The normalized spacial score (nSPS) is 18.6. The maximum Gasteiger partial charge on any atom is 0.194 e. The first-order chi connectivity index (χ1) is 9.57. The Bertz CT molecular complexity index is 457. The highest BCUT2D eigenvalue weighted by atomic mass is 19.1. The van der Waals surface area contributed by atoms with Crippen molar-refractivity contribution < 1.29 is 18.3 Å². The summed E-state index contributed by atoms with van der Waals surface area (Å²) in [5, 5.41) is 0. The topological polar surface area (TPSA) is 26.3 Å². The number of ether oxygens (including phenoxy) is 1. The van der Waals surface area contributed by atoms with Gasteiger partial charge in [0.05, 0.1) is 0 Å². The minimum atomic E-state index is -0.911. The monoisotopic (exact) mass is 282 g/mol. The van der Waals surface area contributed by atoms with E-state index in [1.165, 1.54) is 0 Å². The van der Waals surface area contributed by atoms with Crippen molar-refractivity contribution in [3.8, 4) is 0 Å². The van der Waals surface area contributed by atoms with Crippen molar-refractivity contribution in [1.29, 1.82) is 0 Å². The summed E-state index contributed by atoms with van der Waals surface area (Å²) in [6, 6.07) is 2.96. The fourth-order valence-corrected chi connectivity index (χ4v) is 2.96. The lowest BCUT2D eigenvalue weighted by Crippen LogP contribution is -2.41. The Morgan fingerprint density at radius 3 is 2.15 bits per heavy atom. The number of halogens is 2. The Morgan fingerprint density at radius 2 is 1.65 bits per heavy atom. The smallest absolute Gasteiger partial charge is 0.194 e. The minimum Gasteiger partial charge on any atom is -0.367 e. The quantitative estimate of drug-likeness (QED) is 0.608. The van der Waals surface area contributed by atoms with E-state index in [1.54, 1.807) is 0 Å². The van der Waals surface area contributed by atoms with E-state index in [0.29, 0.717) is 19.4 Å². The van der Waals surface area contributed by atoms with E-state index >= 15 is 0 Å². The van der Waals surface area contributed by atoms with Crippen molar-refractivity contribution >= 4 is 5.78 Å². The molecule has 0 unspecified atom stereocenters. The number of hydrogen-bond acceptors (Lipinski definition) is 2. The molecule has 0 spiro atoms. The summed E-state index contributed by atoms with van der Waals surface area (Å²) in [4.78, 5) is 12.7. The molecule has 0 N–H and O–H groups in total. The summed E-state index contributed by atoms with van der Waals surface area (Å²) < 4.78 is 32.4. The van der Waals surface area contributed by atoms with Gasteiger partial charge in [-0.25, -0.2) is 8.78 Å². The molecule has 1 fully saturated rings. The molecule has 1 aromatic rings. The highest BCUT2D eigenvalue weighted by molar-refractivity contribution is 6.02. The number of Topliss-reactive ketones (excluding diaryl/α,β-unsaturated/α-hetero) is 1. The number of carbonyl (C=O) groups excluding carboxylic acids is 1. The van der Waals surface area contributed by atoms with Gasteiger partial charge in [-0.3, -0.25) is 4.79 Å². The van der Waals surface area contributed by atoms with E-state index in [9.17, 15) is 13.6 Å². The van der Waals surface area contributed by atoms with Crippen molar-refractivity contribution in [3.63, 3.8) is 0 Å². The Labute approximate surface area is 118 Å². The molecule has 1 saturated carbocycles. The van der Waals surface area contributed by atoms with Gasteiger partial charge in [0.2, 0.25) is 0 Å². The van der Waals surface area contributed by atoms with Crippen LogP contribution in [-0.2, 0) is 4.74 Å². The highest BCUT2D eigenvalue weighted by Gasteiger charge is 2.39. The highest BCUT2D eigenvalue weighted by Crippen LogP contribution is 2.34. The number of benzene rings is 1. The molecule has 0 heterocycles. The SMILES string of the molecule is CCOC1(C(=O)c2cc(F)cc(F)c2)CCCCCC1. The van der Waals surface area contributed by atoms with Crippen molar-refractivity contribution in [2.45, 2.75) is 51.0 Å². The van der Waals surface area contributed by atoms with E-state index in [0.717, 1.165) is 43.9 Å². The Morgan fingerprint density at radius 1 is 1.10 bits per heavy atom. The lowest BCUT2D eigenvalue weighted by Gasteiger charge is -2.31. The van der Waals surface area contributed by atoms with Crippen LogP contribution in [0.4, 0.5) is 8.78 Å². The average molecular weight is 282 g/mol. The number of hydrogen-bond donors (Lipinski definition) is 0.